The van der Waals surface area contributed by atoms with Crippen LogP contribution in [-0.4, -0.2) is 96.7 Å². The summed E-state index contributed by atoms with van der Waals surface area (Å²) < 4.78 is 68.5. The molecule has 0 bridgehead atoms. The van der Waals surface area contributed by atoms with Gasteiger partial charge in [0.2, 0.25) is 0 Å². The molecule has 0 aliphatic heterocycles. The lowest BCUT2D eigenvalue weighted by Crippen LogP contribution is -2.30. The van der Waals surface area contributed by atoms with Crippen molar-refractivity contribution in [2.75, 3.05) is 39.6 Å². The molecule has 17 nitrogen and oxygen atoms in total. The van der Waals surface area contributed by atoms with E-state index in [1.54, 1.807) is 0 Å². The molecule has 5 unspecified atom stereocenters. The summed E-state index contributed by atoms with van der Waals surface area (Å²) in [6, 6.07) is 0. The zero-order valence-corrected chi connectivity index (χ0v) is 65.0. The summed E-state index contributed by atoms with van der Waals surface area (Å²) in [5, 5.41) is 10.6. The van der Waals surface area contributed by atoms with E-state index in [4.69, 9.17) is 37.0 Å². The van der Waals surface area contributed by atoms with Gasteiger partial charge in [-0.25, -0.2) is 9.13 Å². The second-order valence-electron chi connectivity index (χ2n) is 25.1. The van der Waals surface area contributed by atoms with Gasteiger partial charge in [-0.1, -0.05) is 263 Å². The van der Waals surface area contributed by atoms with E-state index in [9.17, 15) is 43.2 Å². The molecule has 0 amide bonds. The first-order valence-electron chi connectivity index (χ1n) is 38.7. The fraction of sp³-hybridized carbons (Fsp3) is 0.639. The van der Waals surface area contributed by atoms with E-state index in [2.05, 4.69) is 174 Å². The highest BCUT2D eigenvalue weighted by Gasteiger charge is 2.30. The van der Waals surface area contributed by atoms with Gasteiger partial charge in [-0.15, -0.1) is 0 Å². The van der Waals surface area contributed by atoms with Crippen molar-refractivity contribution in [3.05, 3.63) is 158 Å². The van der Waals surface area contributed by atoms with Crippen LogP contribution < -0.4 is 0 Å². The third-order valence-electron chi connectivity index (χ3n) is 15.4. The van der Waals surface area contributed by atoms with Crippen LogP contribution in [0.3, 0.4) is 0 Å². The van der Waals surface area contributed by atoms with Gasteiger partial charge >= 0.3 is 39.5 Å². The lowest BCUT2D eigenvalue weighted by atomic mass is 10.1. The van der Waals surface area contributed by atoms with Gasteiger partial charge in [0.15, 0.2) is 12.2 Å². The molecule has 0 radical (unpaired) electrons. The normalized spacial score (nSPS) is 14.8. The Morgan fingerprint density at radius 1 is 0.284 bits per heavy atom. The van der Waals surface area contributed by atoms with Gasteiger partial charge < -0.3 is 33.8 Å². The predicted octanol–water partition coefficient (Wildman–Crippen LogP) is 22.4. The van der Waals surface area contributed by atoms with Gasteiger partial charge in [-0.05, 0) is 154 Å². The summed E-state index contributed by atoms with van der Waals surface area (Å²) in [4.78, 5) is 72.9. The first-order valence-corrected chi connectivity index (χ1v) is 41.7. The Balaban J connectivity index is 5.43. The molecule has 19 heteroatoms. The van der Waals surface area contributed by atoms with Crippen LogP contribution in [0, 0.1) is 0 Å². The number of esters is 4. The summed E-state index contributed by atoms with van der Waals surface area (Å²) in [5.74, 6) is -2.30. The molecule has 580 valence electrons. The number of aliphatic hydroxyl groups excluding tert-OH is 1. The molecule has 0 heterocycles. The minimum atomic E-state index is -5.00. The number of carbonyl (C=O) groups excluding carboxylic acids is 4. The zero-order valence-electron chi connectivity index (χ0n) is 63.2. The molecule has 0 saturated heterocycles. The molecule has 0 aromatic heterocycles. The Labute approximate surface area is 617 Å². The molecule has 0 aliphatic rings. The van der Waals surface area contributed by atoms with E-state index in [1.807, 2.05) is 12.2 Å². The number of carbonyl (C=O) groups is 4. The van der Waals surface area contributed by atoms with E-state index >= 15 is 0 Å². The average molecular weight is 1470 g/mol. The maximum Gasteiger partial charge on any atom is 0.472 e. The van der Waals surface area contributed by atoms with Crippen LogP contribution in [0.2, 0.25) is 0 Å². The molecule has 0 saturated carbocycles. The quantitative estimate of drug-likeness (QED) is 0.0169. The highest BCUT2D eigenvalue weighted by molar-refractivity contribution is 7.47. The number of rotatable bonds is 71. The van der Waals surface area contributed by atoms with Crippen LogP contribution in [0.4, 0.5) is 0 Å². The highest BCUT2D eigenvalue weighted by atomic mass is 31.2. The van der Waals surface area contributed by atoms with Crippen LogP contribution >= 0.6 is 15.6 Å². The van der Waals surface area contributed by atoms with Gasteiger partial charge in [0.1, 0.15) is 19.3 Å². The van der Waals surface area contributed by atoms with Crippen molar-refractivity contribution in [2.24, 2.45) is 0 Å². The lowest BCUT2D eigenvalue weighted by Gasteiger charge is -2.21. The molecule has 0 rings (SSSR count). The average Bonchev–Trinajstić information content (AvgIpc) is 0.908. The Hall–Kier alpha value is -5.32. The van der Waals surface area contributed by atoms with Crippen LogP contribution in [0.25, 0.3) is 0 Å². The van der Waals surface area contributed by atoms with Gasteiger partial charge in [-0.2, -0.15) is 0 Å². The molecule has 0 fully saturated rings. The second kappa shape index (κ2) is 74.0. The smallest absolute Gasteiger partial charge is 0.462 e. The van der Waals surface area contributed by atoms with E-state index < -0.39 is 97.5 Å². The molecule has 0 aromatic carbocycles. The van der Waals surface area contributed by atoms with Crippen LogP contribution in [0.5, 0.6) is 0 Å². The number of hydrogen-bond acceptors (Lipinski definition) is 15. The van der Waals surface area contributed by atoms with E-state index in [-0.39, 0.29) is 25.7 Å². The van der Waals surface area contributed by atoms with Crippen LogP contribution in [0.15, 0.2) is 158 Å². The number of aliphatic hydroxyl groups is 1. The molecule has 5 atom stereocenters. The van der Waals surface area contributed by atoms with Gasteiger partial charge in [-0.3, -0.25) is 37.3 Å². The summed E-state index contributed by atoms with van der Waals surface area (Å²) in [6.45, 7) is 4.35. The number of phosphoric ester groups is 2. The molecule has 3 N–H and O–H groups in total. The van der Waals surface area contributed by atoms with E-state index in [0.717, 1.165) is 199 Å². The molecular weight excluding hydrogens is 1330 g/mol. The van der Waals surface area contributed by atoms with Crippen molar-refractivity contribution in [1.82, 2.24) is 0 Å². The van der Waals surface area contributed by atoms with Crippen molar-refractivity contribution in [3.63, 3.8) is 0 Å². The Kier molecular flexibility index (Phi) is 70.1. The molecule has 0 spiro atoms. The van der Waals surface area contributed by atoms with Gasteiger partial charge in [0.25, 0.3) is 0 Å². The van der Waals surface area contributed by atoms with Gasteiger partial charge in [0.05, 0.1) is 26.4 Å². The van der Waals surface area contributed by atoms with Crippen molar-refractivity contribution in [3.8, 4) is 0 Å². The number of allylic oxidation sites excluding steroid dienone is 26. The monoisotopic (exact) mass is 1470 g/mol. The third-order valence-corrected chi connectivity index (χ3v) is 17.4. The molecule has 102 heavy (non-hydrogen) atoms. The minimum Gasteiger partial charge on any atom is -0.462 e. The van der Waals surface area contributed by atoms with Crippen molar-refractivity contribution >= 4 is 39.5 Å². The second-order valence-corrected chi connectivity index (χ2v) is 28.1. The first kappa shape index (κ1) is 96.7. The highest BCUT2D eigenvalue weighted by Crippen LogP contribution is 2.45. The Morgan fingerprint density at radius 3 is 0.824 bits per heavy atom. The lowest BCUT2D eigenvalue weighted by molar-refractivity contribution is -0.161. The summed E-state index contributed by atoms with van der Waals surface area (Å²) in [6.07, 6.45) is 85.2. The maximum absolute atomic E-state index is 13.1. The molecule has 0 aromatic rings. The van der Waals surface area contributed by atoms with Crippen LogP contribution in [0.1, 0.15) is 285 Å². The largest absolute Gasteiger partial charge is 0.472 e. The Morgan fingerprint density at radius 2 is 0.520 bits per heavy atom. The van der Waals surface area contributed by atoms with Crippen molar-refractivity contribution in [1.29, 1.82) is 0 Å². The summed E-state index contributed by atoms with van der Waals surface area (Å²) >= 11 is 0. The Bertz CT molecular complexity index is 2550. The maximum atomic E-state index is 13.1. The van der Waals surface area contributed by atoms with Gasteiger partial charge in [0, 0.05) is 25.7 Å². The standard InChI is InChI=1S/C83H136O17P2/c1-5-9-13-17-21-25-29-33-36-38-41-44-47-51-55-59-63-67-80(85)93-73-78(99-82(87)69-65-61-57-53-49-43-32-28-24-20-16-12-8-4)75-97-101(89,90)95-71-77(84)72-96-102(91,92)98-76-79(100-83(88)70-66-62-58-54-50-46-40-35-31-27-23-19-15-11-7-3)74-94-81(86)68-64-60-56-52-48-45-42-39-37-34-30-26-22-18-14-10-6-2/h9-11,13-16,20-23,25-28,32-37,40-41,44,51,55,77-79,84H,5-8,12,17-19,24,29-31,38-39,42-43,45-50,52-54,56-76H2,1-4H3,(H,89,90)(H,91,92)/b13-9-,14-10-,15-11-,20-16-,25-21-,26-22-,27-23-,32-28-,36-33-,37-34-,40-35-,44-41-,55-51-. The van der Waals surface area contributed by atoms with Crippen molar-refractivity contribution < 1.29 is 80.2 Å². The zero-order chi connectivity index (χ0) is 74.6. The number of phosphoric acid groups is 2. The predicted molar refractivity (Wildman–Crippen MR) is 417 cm³/mol. The topological polar surface area (TPSA) is 237 Å². The fourth-order valence-corrected chi connectivity index (χ4v) is 11.3. The van der Waals surface area contributed by atoms with E-state index in [1.165, 1.54) is 0 Å². The number of unbranched alkanes of at least 4 members (excludes halogenated alkanes) is 19. The number of ether oxygens (including phenoxy) is 4. The van der Waals surface area contributed by atoms with Crippen LogP contribution in [-0.2, 0) is 65.4 Å². The first-order chi connectivity index (χ1) is 49.7. The SMILES string of the molecule is CC/C=C\C/C=C\C/C=C\C/C=C\C/C=C\CCCC(=O)OCC(COP(=O)(O)OCC(O)COP(=O)(O)OCC(COC(=O)CCCCCCCCC/C=C\C/C=C\C/C=C\CC)OC(=O)CCCCCCC/C=C\C/C=C\C/C=C\CC)OC(=O)CCCCCCC/C=C\C/C=C\CCC. The van der Waals surface area contributed by atoms with Crippen molar-refractivity contribution in [2.45, 2.75) is 303 Å². The minimum absolute atomic E-state index is 0.0611. The molecule has 0 aliphatic carbocycles. The molecular formula is C83H136O17P2. The third kappa shape index (κ3) is 73.0. The summed E-state index contributed by atoms with van der Waals surface area (Å²) in [5.41, 5.74) is 0. The van der Waals surface area contributed by atoms with E-state index in [0.29, 0.717) is 32.1 Å². The fourth-order valence-electron chi connectivity index (χ4n) is 9.67. The summed E-state index contributed by atoms with van der Waals surface area (Å²) in [7, 11) is -9.99. The number of hydrogen-bond donors (Lipinski definition) is 3.